The predicted octanol–water partition coefficient (Wildman–Crippen LogP) is 5.04. The van der Waals surface area contributed by atoms with Crippen molar-refractivity contribution in [1.29, 1.82) is 5.26 Å². The number of benzene rings is 1. The van der Waals surface area contributed by atoms with E-state index in [9.17, 15) is 14.4 Å². The Morgan fingerprint density at radius 3 is 2.67 bits per heavy atom. The van der Waals surface area contributed by atoms with Gasteiger partial charge in [0.05, 0.1) is 36.0 Å². The summed E-state index contributed by atoms with van der Waals surface area (Å²) in [6.45, 7) is 8.01. The van der Waals surface area contributed by atoms with E-state index in [4.69, 9.17) is 10.00 Å². The molecule has 0 unspecified atom stereocenters. The highest BCUT2D eigenvalue weighted by atomic mass is 32.1. The number of hydrogen-bond donors (Lipinski definition) is 2. The fourth-order valence-corrected chi connectivity index (χ4v) is 5.78. The minimum absolute atomic E-state index is 0.119. The van der Waals surface area contributed by atoms with Crippen LogP contribution < -0.4 is 10.6 Å². The van der Waals surface area contributed by atoms with Crippen molar-refractivity contribution in [3.05, 3.63) is 51.3 Å². The molecule has 1 fully saturated rings. The van der Waals surface area contributed by atoms with E-state index in [0.29, 0.717) is 36.4 Å². The number of ether oxygens (including phenoxy) is 1. The molecule has 2 atom stereocenters. The summed E-state index contributed by atoms with van der Waals surface area (Å²) in [7, 11) is 0. The Hall–Kier alpha value is -3.82. The Labute approximate surface area is 235 Å². The third kappa shape index (κ3) is 7.19. The Bertz CT molecular complexity index is 1390. The van der Waals surface area contributed by atoms with Gasteiger partial charge in [0.25, 0.3) is 5.91 Å². The summed E-state index contributed by atoms with van der Waals surface area (Å²) in [5.41, 5.74) is 1.64. The number of nitrogens with zero attached hydrogens (tertiary/aromatic N) is 4. The normalized spacial score (nSPS) is 17.3. The van der Waals surface area contributed by atoms with Crippen molar-refractivity contribution in [2.45, 2.75) is 58.7 Å². The summed E-state index contributed by atoms with van der Waals surface area (Å²) in [5.74, 6) is -0.693. The van der Waals surface area contributed by atoms with Gasteiger partial charge in [-0.1, -0.05) is 23.5 Å². The number of nitrogens with one attached hydrogen (secondary N) is 2. The summed E-state index contributed by atoms with van der Waals surface area (Å²) in [6, 6.07) is 9.00. The van der Waals surface area contributed by atoms with E-state index in [2.05, 4.69) is 26.7 Å². The van der Waals surface area contributed by atoms with E-state index in [0.717, 1.165) is 27.6 Å². The van der Waals surface area contributed by atoms with Crippen molar-refractivity contribution in [2.24, 2.45) is 5.92 Å². The zero-order valence-corrected chi connectivity index (χ0v) is 23.8. The largest absolute Gasteiger partial charge is 0.444 e. The fourth-order valence-electron chi connectivity index (χ4n) is 4.28. The smallest absolute Gasteiger partial charge is 0.413 e. The molecule has 2 N–H and O–H groups in total. The molecule has 0 aliphatic carbocycles. The van der Waals surface area contributed by atoms with Gasteiger partial charge in [-0.3, -0.25) is 14.9 Å². The van der Waals surface area contributed by atoms with Crippen LogP contribution in [0.2, 0.25) is 0 Å². The van der Waals surface area contributed by atoms with Crippen LogP contribution in [0.4, 0.5) is 9.93 Å². The highest BCUT2D eigenvalue weighted by Crippen LogP contribution is 2.29. The summed E-state index contributed by atoms with van der Waals surface area (Å²) in [6.07, 6.45) is 2.18. The molecule has 0 spiro atoms. The second-order valence-corrected chi connectivity index (χ2v) is 12.2. The molecule has 0 saturated carbocycles. The molecule has 0 radical (unpaired) electrons. The second-order valence-electron chi connectivity index (χ2n) is 10.2. The zero-order valence-electron chi connectivity index (χ0n) is 22.2. The quantitative estimate of drug-likeness (QED) is 0.426. The van der Waals surface area contributed by atoms with Crippen molar-refractivity contribution in [2.75, 3.05) is 11.9 Å². The van der Waals surface area contributed by atoms with Gasteiger partial charge in [0, 0.05) is 23.5 Å². The Balaban J connectivity index is 1.33. The number of anilines is 1. The molecule has 10 nitrogen and oxygen atoms in total. The lowest BCUT2D eigenvalue weighted by Gasteiger charge is -2.38. The number of hydrogen-bond acceptors (Lipinski definition) is 9. The van der Waals surface area contributed by atoms with Crippen LogP contribution in [0.1, 0.15) is 60.8 Å². The molecule has 1 saturated heterocycles. The van der Waals surface area contributed by atoms with Gasteiger partial charge in [0.1, 0.15) is 15.5 Å². The highest BCUT2D eigenvalue weighted by Gasteiger charge is 2.36. The third-order valence-corrected chi connectivity index (χ3v) is 7.93. The monoisotopic (exact) mass is 566 g/mol. The second kappa shape index (κ2) is 11.9. The summed E-state index contributed by atoms with van der Waals surface area (Å²) >= 11 is 2.53. The van der Waals surface area contributed by atoms with E-state index in [1.165, 1.54) is 17.5 Å². The lowest BCUT2D eigenvalue weighted by atomic mass is 9.89. The highest BCUT2D eigenvalue weighted by molar-refractivity contribution is 7.17. The zero-order chi connectivity index (χ0) is 28.2. The van der Waals surface area contributed by atoms with Crippen molar-refractivity contribution in [3.8, 4) is 17.3 Å². The fraction of sp³-hybridized carbons (Fsp3) is 0.407. The number of carbonyl (C=O) groups excluding carboxylic acids is 3. The molecule has 204 valence electrons. The SMILES string of the molecule is C[C@H]1[C@@H](C(=O)NCc2nc(-c3ccc(C#N)cc3)cs2)CCCN1C(=O)c1cnc(NC(=O)OC(C)(C)C)s1. The average Bonchev–Trinajstić information content (AvgIpc) is 3.56. The van der Waals surface area contributed by atoms with Crippen molar-refractivity contribution >= 4 is 45.7 Å². The van der Waals surface area contributed by atoms with Crippen LogP contribution in [0.15, 0.2) is 35.8 Å². The minimum Gasteiger partial charge on any atom is -0.444 e. The molecule has 1 aliphatic heterocycles. The number of likely N-dealkylation sites (tertiary alicyclic amines) is 1. The summed E-state index contributed by atoms with van der Waals surface area (Å²) < 4.78 is 5.23. The van der Waals surface area contributed by atoms with E-state index in [-0.39, 0.29) is 28.9 Å². The van der Waals surface area contributed by atoms with E-state index < -0.39 is 11.7 Å². The Morgan fingerprint density at radius 2 is 1.97 bits per heavy atom. The van der Waals surface area contributed by atoms with Crippen LogP contribution in [0, 0.1) is 17.2 Å². The molecule has 0 bridgehead atoms. The molecule has 3 aromatic rings. The van der Waals surface area contributed by atoms with Gasteiger partial charge >= 0.3 is 6.09 Å². The first-order valence-electron chi connectivity index (χ1n) is 12.5. The van der Waals surface area contributed by atoms with Crippen molar-refractivity contribution in [1.82, 2.24) is 20.2 Å². The molecule has 3 amide bonds. The van der Waals surface area contributed by atoms with Gasteiger partial charge in [0.15, 0.2) is 5.13 Å². The summed E-state index contributed by atoms with van der Waals surface area (Å²) in [5, 5.41) is 17.5. The van der Waals surface area contributed by atoms with Crippen LogP contribution >= 0.6 is 22.7 Å². The van der Waals surface area contributed by atoms with Gasteiger partial charge < -0.3 is 15.0 Å². The van der Waals surface area contributed by atoms with E-state index >= 15 is 0 Å². The first-order valence-corrected chi connectivity index (χ1v) is 14.2. The Kier molecular flexibility index (Phi) is 8.62. The van der Waals surface area contributed by atoms with Gasteiger partial charge in [-0.2, -0.15) is 5.26 Å². The van der Waals surface area contributed by atoms with Gasteiger partial charge in [0.2, 0.25) is 5.91 Å². The van der Waals surface area contributed by atoms with Crippen molar-refractivity contribution in [3.63, 3.8) is 0 Å². The predicted molar refractivity (Wildman–Crippen MR) is 149 cm³/mol. The van der Waals surface area contributed by atoms with Gasteiger partial charge in [-0.15, -0.1) is 11.3 Å². The molecule has 1 aliphatic rings. The number of carbonyl (C=O) groups is 3. The van der Waals surface area contributed by atoms with Gasteiger partial charge in [-0.05, 0) is 52.7 Å². The van der Waals surface area contributed by atoms with Crippen LogP contribution in [-0.4, -0.2) is 51.0 Å². The molecule has 4 rings (SSSR count). The van der Waals surface area contributed by atoms with E-state index in [1.54, 1.807) is 37.8 Å². The molecule has 1 aromatic carbocycles. The number of amides is 3. The number of piperidine rings is 1. The molecule has 39 heavy (non-hydrogen) atoms. The van der Waals surface area contributed by atoms with Crippen molar-refractivity contribution < 1.29 is 19.1 Å². The number of rotatable bonds is 6. The number of thiazole rings is 2. The van der Waals surface area contributed by atoms with Crippen LogP contribution in [0.25, 0.3) is 11.3 Å². The lowest BCUT2D eigenvalue weighted by molar-refractivity contribution is -0.128. The first kappa shape index (κ1) is 28.2. The molecular weight excluding hydrogens is 536 g/mol. The van der Waals surface area contributed by atoms with Crippen LogP contribution in [0.5, 0.6) is 0 Å². The maximum Gasteiger partial charge on any atom is 0.413 e. The number of nitriles is 1. The molecular formula is C27H30N6O4S2. The minimum atomic E-state index is -0.647. The molecule has 2 aromatic heterocycles. The average molecular weight is 567 g/mol. The maximum absolute atomic E-state index is 13.3. The maximum atomic E-state index is 13.3. The summed E-state index contributed by atoms with van der Waals surface area (Å²) in [4.78, 5) is 49.2. The third-order valence-electron chi connectivity index (χ3n) is 6.19. The van der Waals surface area contributed by atoms with Gasteiger partial charge in [-0.25, -0.2) is 14.8 Å². The molecule has 3 heterocycles. The first-order chi connectivity index (χ1) is 18.5. The number of aromatic nitrogens is 2. The van der Waals surface area contributed by atoms with E-state index in [1.807, 2.05) is 24.4 Å². The lowest BCUT2D eigenvalue weighted by Crippen LogP contribution is -2.51. The standard InChI is InChI=1S/C27H30N6O4S2/c1-16-19(23(34)29-14-22-31-20(15-38-22)18-9-7-17(12-28)8-10-18)6-5-11-33(16)24(35)21-13-30-25(39-21)32-26(36)37-27(2,3)4/h7-10,13,15-16,19H,5-6,11,14H2,1-4H3,(H,29,34)(H,30,32,36)/t16-,19-/m0/s1. The topological polar surface area (TPSA) is 137 Å². The Morgan fingerprint density at radius 1 is 1.23 bits per heavy atom. The van der Waals surface area contributed by atoms with Crippen LogP contribution in [0.3, 0.4) is 0 Å². The molecule has 12 heteroatoms. The van der Waals surface area contributed by atoms with Crippen LogP contribution in [-0.2, 0) is 16.1 Å².